The van der Waals surface area contributed by atoms with Gasteiger partial charge in [0.15, 0.2) is 6.61 Å². The molecule has 0 bridgehead atoms. The quantitative estimate of drug-likeness (QED) is 0.624. The molecule has 0 radical (unpaired) electrons. The Kier molecular flexibility index (Phi) is 5.68. The lowest BCUT2D eigenvalue weighted by molar-refractivity contribution is -0.385. The number of alkyl halides is 3. The van der Waals surface area contributed by atoms with Gasteiger partial charge in [0, 0.05) is 19.2 Å². The van der Waals surface area contributed by atoms with E-state index in [0.717, 1.165) is 23.1 Å². The number of nitro groups is 1. The van der Waals surface area contributed by atoms with Gasteiger partial charge in [0.1, 0.15) is 11.3 Å². The van der Waals surface area contributed by atoms with E-state index in [1.165, 1.54) is 0 Å². The molecule has 0 saturated carbocycles. The molecule has 0 aromatic heterocycles. The first-order valence-corrected chi connectivity index (χ1v) is 7.58. The highest BCUT2D eigenvalue weighted by atomic mass is 19.4. The molecule has 1 fully saturated rings. The van der Waals surface area contributed by atoms with Gasteiger partial charge in [-0.1, -0.05) is 0 Å². The standard InChI is InChI=1S/C15H15F3N2O6/c16-15(17,18)8-26-10-3-4-12(20(24)25)11(6-10)13(21)19-5-1-2-9(7-19)14(22)23/h3-4,6,9H,1-2,5,7-8H2,(H,22,23)/t9-/m0/s1. The SMILES string of the molecule is O=C(O)[C@H]1CCCN(C(=O)c2cc(OCC(F)(F)F)ccc2[N+](=O)[O-])C1. The maximum Gasteiger partial charge on any atom is 0.422 e. The maximum absolute atomic E-state index is 12.6. The zero-order valence-corrected chi connectivity index (χ0v) is 13.4. The third kappa shape index (κ3) is 4.83. The summed E-state index contributed by atoms with van der Waals surface area (Å²) in [5.41, 5.74) is -1.03. The molecule has 1 amide bonds. The third-order valence-electron chi connectivity index (χ3n) is 3.86. The lowest BCUT2D eigenvalue weighted by Crippen LogP contribution is -2.42. The summed E-state index contributed by atoms with van der Waals surface area (Å²) in [5, 5.41) is 20.2. The molecule has 0 spiro atoms. The minimum Gasteiger partial charge on any atom is -0.484 e. The molecule has 1 aromatic carbocycles. The number of halogens is 3. The summed E-state index contributed by atoms with van der Waals surface area (Å²) in [6, 6.07) is 2.73. The summed E-state index contributed by atoms with van der Waals surface area (Å²) >= 11 is 0. The number of piperidine rings is 1. The molecule has 1 aliphatic heterocycles. The van der Waals surface area contributed by atoms with Crippen molar-refractivity contribution in [3.8, 4) is 5.75 Å². The van der Waals surface area contributed by atoms with Gasteiger partial charge in [0.2, 0.25) is 0 Å². The van der Waals surface area contributed by atoms with Gasteiger partial charge in [-0.05, 0) is 25.0 Å². The van der Waals surface area contributed by atoms with Crippen LogP contribution in [0, 0.1) is 16.0 Å². The number of hydrogen-bond acceptors (Lipinski definition) is 5. The molecule has 142 valence electrons. The number of likely N-dealkylation sites (tertiary alicyclic amines) is 1. The van der Waals surface area contributed by atoms with Crippen LogP contribution in [-0.2, 0) is 4.79 Å². The third-order valence-corrected chi connectivity index (χ3v) is 3.86. The molecular weight excluding hydrogens is 361 g/mol. The number of amides is 1. The molecule has 1 saturated heterocycles. The Morgan fingerprint density at radius 2 is 2.08 bits per heavy atom. The summed E-state index contributed by atoms with van der Waals surface area (Å²) in [7, 11) is 0. The molecule has 1 aliphatic rings. The van der Waals surface area contributed by atoms with Gasteiger partial charge in [0.25, 0.3) is 11.6 Å². The van der Waals surface area contributed by atoms with Crippen LogP contribution < -0.4 is 4.74 Å². The summed E-state index contributed by atoms with van der Waals surface area (Å²) in [5.74, 6) is -3.04. The molecule has 26 heavy (non-hydrogen) atoms. The largest absolute Gasteiger partial charge is 0.484 e. The van der Waals surface area contributed by atoms with Crippen molar-refractivity contribution in [2.45, 2.75) is 19.0 Å². The van der Waals surface area contributed by atoms with Crippen molar-refractivity contribution in [2.75, 3.05) is 19.7 Å². The molecule has 0 unspecified atom stereocenters. The van der Waals surface area contributed by atoms with Gasteiger partial charge in [-0.2, -0.15) is 13.2 Å². The van der Waals surface area contributed by atoms with Crippen LogP contribution in [0.15, 0.2) is 18.2 Å². The number of carbonyl (C=O) groups is 2. The van der Waals surface area contributed by atoms with E-state index in [9.17, 15) is 32.9 Å². The predicted octanol–water partition coefficient (Wildman–Crippen LogP) is 2.47. The van der Waals surface area contributed by atoms with Gasteiger partial charge < -0.3 is 14.7 Å². The van der Waals surface area contributed by atoms with E-state index < -0.39 is 46.8 Å². The van der Waals surface area contributed by atoms with Crippen LogP contribution in [0.4, 0.5) is 18.9 Å². The van der Waals surface area contributed by atoms with Crippen molar-refractivity contribution in [2.24, 2.45) is 5.92 Å². The van der Waals surface area contributed by atoms with Crippen LogP contribution in [0.1, 0.15) is 23.2 Å². The Labute approximate surface area is 145 Å². The maximum atomic E-state index is 12.6. The second-order valence-corrected chi connectivity index (χ2v) is 5.77. The zero-order chi connectivity index (χ0) is 19.5. The molecule has 2 rings (SSSR count). The first kappa shape index (κ1) is 19.5. The minimum atomic E-state index is -4.60. The molecule has 11 heteroatoms. The average Bonchev–Trinajstić information content (AvgIpc) is 2.58. The fourth-order valence-electron chi connectivity index (χ4n) is 2.63. The Morgan fingerprint density at radius 3 is 2.65 bits per heavy atom. The summed E-state index contributed by atoms with van der Waals surface area (Å²) in [4.78, 5) is 35.1. The molecular formula is C15H15F3N2O6. The number of rotatable bonds is 5. The number of aliphatic carboxylic acids is 1. The van der Waals surface area contributed by atoms with Gasteiger partial charge in [0.05, 0.1) is 10.8 Å². The molecule has 1 heterocycles. The summed E-state index contributed by atoms with van der Waals surface area (Å²) in [6.45, 7) is -1.53. The first-order chi connectivity index (χ1) is 12.1. The molecule has 1 atom stereocenters. The summed E-state index contributed by atoms with van der Waals surface area (Å²) in [6.07, 6.45) is -3.83. The number of carboxylic acids is 1. The molecule has 1 aromatic rings. The van der Waals surface area contributed by atoms with Crippen molar-refractivity contribution >= 4 is 17.6 Å². The van der Waals surface area contributed by atoms with Gasteiger partial charge in [-0.3, -0.25) is 19.7 Å². The Hall–Kier alpha value is -2.85. The van der Waals surface area contributed by atoms with E-state index in [1.807, 2.05) is 0 Å². The minimum absolute atomic E-state index is 0.126. The van der Waals surface area contributed by atoms with Gasteiger partial charge in [-0.25, -0.2) is 0 Å². The molecule has 1 N–H and O–H groups in total. The number of benzene rings is 1. The number of hydrogen-bond donors (Lipinski definition) is 1. The second kappa shape index (κ2) is 7.58. The van der Waals surface area contributed by atoms with Crippen LogP contribution in [-0.4, -0.2) is 52.7 Å². The number of carboxylic acid groups (broad SMARTS) is 1. The van der Waals surface area contributed by atoms with Crippen LogP contribution in [0.5, 0.6) is 5.75 Å². The van der Waals surface area contributed by atoms with Crippen molar-refractivity contribution in [1.29, 1.82) is 0 Å². The fraction of sp³-hybridized carbons (Fsp3) is 0.467. The highest BCUT2D eigenvalue weighted by molar-refractivity contribution is 5.98. The fourth-order valence-corrected chi connectivity index (χ4v) is 2.63. The number of ether oxygens (including phenoxy) is 1. The smallest absolute Gasteiger partial charge is 0.422 e. The van der Waals surface area contributed by atoms with Crippen molar-refractivity contribution in [3.05, 3.63) is 33.9 Å². The molecule has 0 aliphatic carbocycles. The predicted molar refractivity (Wildman–Crippen MR) is 80.9 cm³/mol. The molecule has 8 nitrogen and oxygen atoms in total. The van der Waals surface area contributed by atoms with Crippen LogP contribution >= 0.6 is 0 Å². The van der Waals surface area contributed by atoms with E-state index in [2.05, 4.69) is 4.74 Å². The van der Waals surface area contributed by atoms with Crippen molar-refractivity contribution < 1.29 is 37.5 Å². The van der Waals surface area contributed by atoms with Crippen LogP contribution in [0.25, 0.3) is 0 Å². The van der Waals surface area contributed by atoms with Gasteiger partial charge in [-0.15, -0.1) is 0 Å². The number of nitro benzene ring substituents is 1. The number of nitrogens with zero attached hydrogens (tertiary/aromatic N) is 2. The van der Waals surface area contributed by atoms with E-state index in [-0.39, 0.29) is 18.8 Å². The van der Waals surface area contributed by atoms with Crippen LogP contribution in [0.2, 0.25) is 0 Å². The van der Waals surface area contributed by atoms with Crippen molar-refractivity contribution in [3.63, 3.8) is 0 Å². The highest BCUT2D eigenvalue weighted by Crippen LogP contribution is 2.28. The van der Waals surface area contributed by atoms with E-state index in [4.69, 9.17) is 5.11 Å². The van der Waals surface area contributed by atoms with E-state index in [0.29, 0.717) is 12.8 Å². The van der Waals surface area contributed by atoms with Crippen LogP contribution in [0.3, 0.4) is 0 Å². The Morgan fingerprint density at radius 1 is 1.38 bits per heavy atom. The second-order valence-electron chi connectivity index (χ2n) is 5.77. The Balaban J connectivity index is 2.28. The summed E-state index contributed by atoms with van der Waals surface area (Å²) < 4.78 is 41.3. The van der Waals surface area contributed by atoms with E-state index >= 15 is 0 Å². The zero-order valence-electron chi connectivity index (χ0n) is 13.4. The van der Waals surface area contributed by atoms with E-state index in [1.54, 1.807) is 0 Å². The average molecular weight is 376 g/mol. The normalized spacial score (nSPS) is 17.7. The lowest BCUT2D eigenvalue weighted by Gasteiger charge is -2.30. The highest BCUT2D eigenvalue weighted by Gasteiger charge is 2.33. The topological polar surface area (TPSA) is 110 Å². The Bertz CT molecular complexity index is 722. The van der Waals surface area contributed by atoms with Gasteiger partial charge >= 0.3 is 12.1 Å². The first-order valence-electron chi connectivity index (χ1n) is 7.58. The monoisotopic (exact) mass is 376 g/mol. The number of carbonyl (C=O) groups excluding carboxylic acids is 1. The van der Waals surface area contributed by atoms with Crippen molar-refractivity contribution in [1.82, 2.24) is 4.90 Å². The lowest BCUT2D eigenvalue weighted by atomic mass is 9.97.